The van der Waals surface area contributed by atoms with Crippen molar-refractivity contribution in [1.82, 2.24) is 9.21 Å². The number of carbonyl (C=O) groups excluding carboxylic acids is 1. The summed E-state index contributed by atoms with van der Waals surface area (Å²) in [5.74, 6) is -0.514. The Labute approximate surface area is 185 Å². The lowest BCUT2D eigenvalue weighted by molar-refractivity contribution is -0.117. The van der Waals surface area contributed by atoms with Gasteiger partial charge in [-0.15, -0.1) is 4.40 Å². The van der Waals surface area contributed by atoms with E-state index in [1.807, 2.05) is 18.2 Å². The largest absolute Gasteiger partial charge is 0.369 e. The van der Waals surface area contributed by atoms with Gasteiger partial charge in [0.15, 0.2) is 0 Å². The zero-order valence-corrected chi connectivity index (χ0v) is 18.7. The second kappa shape index (κ2) is 8.67. The molecule has 2 N–H and O–H groups in total. The average molecular weight is 467 g/mol. The van der Waals surface area contributed by atoms with Crippen LogP contribution in [0, 0.1) is 0 Å². The fraction of sp³-hybridized carbons (Fsp3) is 0.200. The molecule has 1 heterocycles. The number of rotatable bonds is 6. The van der Waals surface area contributed by atoms with Crippen LogP contribution >= 0.6 is 23.2 Å². The summed E-state index contributed by atoms with van der Waals surface area (Å²) in [6.45, 7) is 0.141. The van der Waals surface area contributed by atoms with Gasteiger partial charge in [-0.1, -0.05) is 35.3 Å². The molecule has 30 heavy (non-hydrogen) atoms. The van der Waals surface area contributed by atoms with Crippen LogP contribution in [-0.4, -0.2) is 44.0 Å². The Hall–Kier alpha value is -2.55. The molecule has 2 aromatic carbocycles. The van der Waals surface area contributed by atoms with Crippen molar-refractivity contribution in [3.05, 3.63) is 63.3 Å². The van der Waals surface area contributed by atoms with Crippen molar-refractivity contribution >= 4 is 51.7 Å². The van der Waals surface area contributed by atoms with Gasteiger partial charge in [-0.3, -0.25) is 9.10 Å². The molecule has 0 saturated heterocycles. The number of hydrogen-bond donors (Lipinski definition) is 1. The van der Waals surface area contributed by atoms with Crippen molar-refractivity contribution in [2.45, 2.75) is 13.0 Å². The number of hydrogen-bond acceptors (Lipinski definition) is 3. The summed E-state index contributed by atoms with van der Waals surface area (Å²) < 4.78 is 29.8. The number of carbonyl (C=O) groups is 1. The van der Waals surface area contributed by atoms with Crippen LogP contribution < -0.4 is 5.73 Å². The van der Waals surface area contributed by atoms with Gasteiger partial charge in [-0.05, 0) is 52.1 Å². The van der Waals surface area contributed by atoms with E-state index < -0.39 is 16.1 Å². The number of benzene rings is 2. The highest BCUT2D eigenvalue weighted by molar-refractivity contribution is 7.88. The Morgan fingerprint density at radius 3 is 2.63 bits per heavy atom. The predicted molar refractivity (Wildman–Crippen MR) is 120 cm³/mol. The number of primary amides is 1. The first-order valence-corrected chi connectivity index (χ1v) is 11.0. The number of nitrogens with two attached hydrogens (primary N) is 1. The van der Waals surface area contributed by atoms with Crippen molar-refractivity contribution in [2.75, 3.05) is 14.1 Å². The summed E-state index contributed by atoms with van der Waals surface area (Å²) in [5, 5.41) is 0.599. The molecule has 1 aliphatic rings. The Morgan fingerprint density at radius 2 is 1.97 bits per heavy atom. The topological polar surface area (TPSA) is 96.1 Å². The summed E-state index contributed by atoms with van der Waals surface area (Å²) in [6.07, 6.45) is 4.42. The van der Waals surface area contributed by atoms with Gasteiger partial charge >= 0.3 is 10.2 Å². The quantitative estimate of drug-likeness (QED) is 0.521. The first-order valence-electron chi connectivity index (χ1n) is 8.88. The average Bonchev–Trinajstić information content (AvgIpc) is 2.68. The van der Waals surface area contributed by atoms with E-state index in [2.05, 4.69) is 4.40 Å². The molecule has 0 aliphatic carbocycles. The monoisotopic (exact) mass is 466 g/mol. The molecule has 0 spiro atoms. The predicted octanol–water partition coefficient (Wildman–Crippen LogP) is 3.31. The summed E-state index contributed by atoms with van der Waals surface area (Å²) in [4.78, 5) is 12.9. The number of amides is 1. The van der Waals surface area contributed by atoms with E-state index in [4.69, 9.17) is 28.9 Å². The van der Waals surface area contributed by atoms with Gasteiger partial charge in [-0.25, -0.2) is 0 Å². The maximum Gasteiger partial charge on any atom is 0.345 e. The SMILES string of the molecule is CN(C)C=NS(=O)(=O)N1C=Cc2ccc(-c3cc(Cl)c(Cl)c(CC(N)=O)c3)cc2C1. The Kier molecular flexibility index (Phi) is 6.40. The fourth-order valence-corrected chi connectivity index (χ4v) is 4.33. The minimum absolute atomic E-state index is 0.0318. The molecule has 7 nitrogen and oxygen atoms in total. The molecule has 1 amide bonds. The minimum Gasteiger partial charge on any atom is -0.369 e. The molecule has 3 rings (SSSR count). The van der Waals surface area contributed by atoms with E-state index in [0.717, 1.165) is 22.3 Å². The van der Waals surface area contributed by atoms with Gasteiger partial charge in [0.05, 0.1) is 23.0 Å². The first kappa shape index (κ1) is 22.1. The number of fused-ring (bicyclic) bond motifs is 1. The second-order valence-electron chi connectivity index (χ2n) is 7.01. The van der Waals surface area contributed by atoms with Gasteiger partial charge in [0, 0.05) is 20.3 Å². The van der Waals surface area contributed by atoms with E-state index >= 15 is 0 Å². The molecule has 0 saturated carbocycles. The maximum absolute atomic E-state index is 12.5. The van der Waals surface area contributed by atoms with Crippen LogP contribution in [0.5, 0.6) is 0 Å². The van der Waals surface area contributed by atoms with E-state index in [-0.39, 0.29) is 18.0 Å². The standard InChI is InChI=1S/C20H20Cl2N4O3S/c1-25(2)12-24-30(28,29)26-6-5-13-3-4-14(7-17(13)11-26)15-8-16(10-19(23)27)20(22)18(21)9-15/h3-9,12H,10-11H2,1-2H3,(H2,23,27). The molecule has 158 valence electrons. The summed E-state index contributed by atoms with van der Waals surface area (Å²) in [6, 6.07) is 9.13. The summed E-state index contributed by atoms with van der Waals surface area (Å²) >= 11 is 12.4. The highest BCUT2D eigenvalue weighted by Crippen LogP contribution is 2.34. The lowest BCUT2D eigenvalue weighted by atomic mass is 9.96. The van der Waals surface area contributed by atoms with Crippen LogP contribution in [0.15, 0.2) is 40.9 Å². The van der Waals surface area contributed by atoms with Crippen LogP contribution in [0.3, 0.4) is 0 Å². The second-order valence-corrected chi connectivity index (χ2v) is 9.37. The molecule has 0 aromatic heterocycles. The van der Waals surface area contributed by atoms with Crippen LogP contribution in [0.2, 0.25) is 10.0 Å². The van der Waals surface area contributed by atoms with Crippen molar-refractivity contribution in [3.63, 3.8) is 0 Å². The van der Waals surface area contributed by atoms with Crippen LogP contribution in [-0.2, 0) is 28.0 Å². The van der Waals surface area contributed by atoms with E-state index in [1.165, 1.54) is 16.8 Å². The maximum atomic E-state index is 12.5. The lowest BCUT2D eigenvalue weighted by Gasteiger charge is -2.23. The van der Waals surface area contributed by atoms with Crippen molar-refractivity contribution < 1.29 is 13.2 Å². The van der Waals surface area contributed by atoms with Crippen LogP contribution in [0.4, 0.5) is 0 Å². The fourth-order valence-electron chi connectivity index (χ4n) is 2.97. The third-order valence-corrected chi connectivity index (χ3v) is 6.44. The lowest BCUT2D eigenvalue weighted by Crippen LogP contribution is -2.26. The highest BCUT2D eigenvalue weighted by atomic mass is 35.5. The molecule has 1 aliphatic heterocycles. The van der Waals surface area contributed by atoms with Gasteiger partial charge in [0.1, 0.15) is 6.34 Å². The Balaban J connectivity index is 1.96. The number of nitrogens with zero attached hydrogens (tertiary/aromatic N) is 3. The molecule has 10 heteroatoms. The number of halogens is 2. The normalized spacial score (nSPS) is 13.5. The van der Waals surface area contributed by atoms with Gasteiger partial charge in [0.25, 0.3) is 0 Å². The summed E-state index contributed by atoms with van der Waals surface area (Å²) in [5.41, 5.74) is 9.10. The van der Waals surface area contributed by atoms with Gasteiger partial charge < -0.3 is 10.6 Å². The Morgan fingerprint density at radius 1 is 1.23 bits per heavy atom. The molecule has 0 atom stereocenters. The van der Waals surface area contributed by atoms with Crippen LogP contribution in [0.25, 0.3) is 17.2 Å². The third-order valence-electron chi connectivity index (χ3n) is 4.40. The van der Waals surface area contributed by atoms with Crippen LogP contribution in [0.1, 0.15) is 16.7 Å². The zero-order valence-electron chi connectivity index (χ0n) is 16.3. The third kappa shape index (κ3) is 4.95. The first-order chi connectivity index (χ1) is 14.1. The van der Waals surface area contributed by atoms with E-state index in [0.29, 0.717) is 10.6 Å². The Bertz CT molecular complexity index is 1160. The molecule has 0 unspecified atom stereocenters. The summed E-state index contributed by atoms with van der Waals surface area (Å²) in [7, 11) is -0.465. The highest BCUT2D eigenvalue weighted by Gasteiger charge is 2.22. The smallest absolute Gasteiger partial charge is 0.345 e. The van der Waals surface area contributed by atoms with Gasteiger partial charge in [0.2, 0.25) is 5.91 Å². The van der Waals surface area contributed by atoms with Crippen molar-refractivity contribution in [3.8, 4) is 11.1 Å². The molecular weight excluding hydrogens is 447 g/mol. The molecule has 0 bridgehead atoms. The zero-order chi connectivity index (χ0) is 22.1. The van der Waals surface area contributed by atoms with Crippen molar-refractivity contribution in [2.24, 2.45) is 10.1 Å². The minimum atomic E-state index is -3.85. The molecule has 0 radical (unpaired) electrons. The van der Waals surface area contributed by atoms with E-state index in [1.54, 1.807) is 37.2 Å². The molecule has 0 fully saturated rings. The molecular formula is C20H20Cl2N4O3S. The van der Waals surface area contributed by atoms with Crippen molar-refractivity contribution in [1.29, 1.82) is 0 Å². The van der Waals surface area contributed by atoms with E-state index in [9.17, 15) is 13.2 Å². The van der Waals surface area contributed by atoms with Gasteiger partial charge in [-0.2, -0.15) is 8.42 Å². The molecule has 2 aromatic rings.